The van der Waals surface area contributed by atoms with E-state index in [0.29, 0.717) is 16.9 Å². The Kier molecular flexibility index (Phi) is 6.06. The lowest BCUT2D eigenvalue weighted by Crippen LogP contribution is -2.15. The van der Waals surface area contributed by atoms with Crippen LogP contribution in [-0.4, -0.2) is 11.7 Å². The molecule has 0 aliphatic carbocycles. The first-order valence-electron chi connectivity index (χ1n) is 9.21. The van der Waals surface area contributed by atoms with Gasteiger partial charge < -0.3 is 11.1 Å². The third kappa shape index (κ3) is 4.60. The van der Waals surface area contributed by atoms with Crippen molar-refractivity contribution >= 4 is 17.4 Å². The Labute approximate surface area is 173 Å². The molecule has 0 atom stereocenters. The second-order valence-corrected chi connectivity index (χ2v) is 6.91. The monoisotopic (exact) mass is 406 g/mol. The largest absolute Gasteiger partial charge is 0.402 e. The summed E-state index contributed by atoms with van der Waals surface area (Å²) in [6, 6.07) is 15.4. The summed E-state index contributed by atoms with van der Waals surface area (Å²) in [6.45, 7) is 3.57. The van der Waals surface area contributed by atoms with Crippen LogP contribution >= 0.6 is 0 Å². The van der Waals surface area contributed by atoms with Crippen molar-refractivity contribution in [1.82, 2.24) is 0 Å². The standard InChI is InChI=1S/C24H20F2N2O2/c1-14-6-7-17(22(29)12-15(2)27)13-19(14)16-8-10-18(11-9-16)28-24(30)23-20(25)4-3-5-21(23)26/h3-13H,27H2,1-2H3,(H,28,30). The third-order valence-electron chi connectivity index (χ3n) is 4.52. The Morgan fingerprint density at radius 2 is 1.60 bits per heavy atom. The van der Waals surface area contributed by atoms with Crippen molar-refractivity contribution < 1.29 is 18.4 Å². The lowest BCUT2D eigenvalue weighted by atomic mass is 9.96. The van der Waals surface area contributed by atoms with E-state index >= 15 is 0 Å². The molecular weight excluding hydrogens is 386 g/mol. The molecule has 0 aliphatic heterocycles. The number of nitrogens with one attached hydrogen (secondary N) is 1. The van der Waals surface area contributed by atoms with Gasteiger partial charge in [-0.25, -0.2) is 8.78 Å². The Morgan fingerprint density at radius 1 is 0.967 bits per heavy atom. The van der Waals surface area contributed by atoms with Gasteiger partial charge in [0.2, 0.25) is 0 Å². The SMILES string of the molecule is CC(N)=CC(=O)c1ccc(C)c(-c2ccc(NC(=O)c3c(F)cccc3F)cc2)c1. The number of hydrogen-bond acceptors (Lipinski definition) is 3. The predicted octanol–water partition coefficient (Wildman–Crippen LogP) is 5.24. The van der Waals surface area contributed by atoms with Gasteiger partial charge in [0.1, 0.15) is 17.2 Å². The Bertz CT molecular complexity index is 1130. The van der Waals surface area contributed by atoms with Gasteiger partial charge in [0.05, 0.1) is 0 Å². The highest BCUT2D eigenvalue weighted by Gasteiger charge is 2.17. The summed E-state index contributed by atoms with van der Waals surface area (Å²) >= 11 is 0. The van der Waals surface area contributed by atoms with Crippen molar-refractivity contribution in [3.8, 4) is 11.1 Å². The van der Waals surface area contributed by atoms with E-state index in [4.69, 9.17) is 5.73 Å². The molecule has 1 amide bonds. The molecule has 0 saturated carbocycles. The van der Waals surface area contributed by atoms with Gasteiger partial charge in [0, 0.05) is 23.0 Å². The maximum absolute atomic E-state index is 13.8. The van der Waals surface area contributed by atoms with Gasteiger partial charge >= 0.3 is 0 Å². The number of nitrogens with two attached hydrogens (primary N) is 1. The fourth-order valence-corrected chi connectivity index (χ4v) is 3.02. The number of rotatable bonds is 5. The molecule has 0 aliphatic rings. The summed E-state index contributed by atoms with van der Waals surface area (Å²) < 4.78 is 27.6. The molecule has 4 nitrogen and oxygen atoms in total. The maximum Gasteiger partial charge on any atom is 0.261 e. The summed E-state index contributed by atoms with van der Waals surface area (Å²) in [7, 11) is 0. The quantitative estimate of drug-likeness (QED) is 0.450. The molecule has 0 radical (unpaired) electrons. The van der Waals surface area contributed by atoms with Gasteiger partial charge in [-0.15, -0.1) is 0 Å². The minimum atomic E-state index is -0.928. The average molecular weight is 406 g/mol. The number of carbonyl (C=O) groups is 2. The first-order chi connectivity index (χ1) is 14.3. The molecule has 3 aromatic rings. The molecule has 3 aromatic carbocycles. The molecule has 0 fully saturated rings. The lowest BCUT2D eigenvalue weighted by molar-refractivity contribution is 0.101. The normalized spacial score (nSPS) is 11.3. The lowest BCUT2D eigenvalue weighted by Gasteiger charge is -2.11. The number of hydrogen-bond donors (Lipinski definition) is 2. The third-order valence-corrected chi connectivity index (χ3v) is 4.52. The fraction of sp³-hybridized carbons (Fsp3) is 0.0833. The maximum atomic E-state index is 13.8. The smallest absolute Gasteiger partial charge is 0.261 e. The first kappa shape index (κ1) is 20.9. The van der Waals surface area contributed by atoms with Crippen molar-refractivity contribution in [2.75, 3.05) is 5.32 Å². The van der Waals surface area contributed by atoms with Crippen LogP contribution in [0.25, 0.3) is 11.1 Å². The van der Waals surface area contributed by atoms with Crippen LogP contribution in [0.4, 0.5) is 14.5 Å². The van der Waals surface area contributed by atoms with Crippen LogP contribution in [0.2, 0.25) is 0 Å². The van der Waals surface area contributed by atoms with E-state index in [-0.39, 0.29) is 5.78 Å². The zero-order valence-electron chi connectivity index (χ0n) is 16.5. The van der Waals surface area contributed by atoms with E-state index in [2.05, 4.69) is 5.32 Å². The molecule has 0 spiro atoms. The van der Waals surface area contributed by atoms with Crippen LogP contribution in [0, 0.1) is 18.6 Å². The van der Waals surface area contributed by atoms with Crippen molar-refractivity contribution in [2.24, 2.45) is 5.73 Å². The Hall–Kier alpha value is -3.80. The van der Waals surface area contributed by atoms with Crippen molar-refractivity contribution in [3.05, 3.63) is 101 Å². The molecule has 30 heavy (non-hydrogen) atoms. The highest BCUT2D eigenvalue weighted by molar-refractivity contribution is 6.06. The summed E-state index contributed by atoms with van der Waals surface area (Å²) in [5.41, 5.74) is 8.91. The number of halogens is 2. The second kappa shape index (κ2) is 8.69. The molecular formula is C24H20F2N2O2. The zero-order chi connectivity index (χ0) is 21.8. The van der Waals surface area contributed by atoms with Crippen LogP contribution < -0.4 is 11.1 Å². The summed E-state index contributed by atoms with van der Waals surface area (Å²) in [4.78, 5) is 24.5. The van der Waals surface area contributed by atoms with E-state index in [0.717, 1.165) is 28.8 Å². The van der Waals surface area contributed by atoms with Gasteiger partial charge in [-0.05, 0) is 60.9 Å². The van der Waals surface area contributed by atoms with Gasteiger partial charge in [-0.2, -0.15) is 0 Å². The number of aryl methyl sites for hydroxylation is 1. The van der Waals surface area contributed by atoms with E-state index in [1.807, 2.05) is 13.0 Å². The highest BCUT2D eigenvalue weighted by atomic mass is 19.1. The summed E-state index contributed by atoms with van der Waals surface area (Å²) in [5, 5.41) is 2.49. The second-order valence-electron chi connectivity index (χ2n) is 6.91. The summed E-state index contributed by atoms with van der Waals surface area (Å²) in [5.74, 6) is -2.91. The first-order valence-corrected chi connectivity index (χ1v) is 9.21. The molecule has 3 N–H and O–H groups in total. The van der Waals surface area contributed by atoms with Gasteiger partial charge in [-0.3, -0.25) is 9.59 Å². The van der Waals surface area contributed by atoms with Gasteiger partial charge in [0.15, 0.2) is 5.78 Å². The van der Waals surface area contributed by atoms with E-state index in [1.165, 1.54) is 12.1 Å². The van der Waals surface area contributed by atoms with Crippen LogP contribution in [0.1, 0.15) is 33.2 Å². The van der Waals surface area contributed by atoms with E-state index in [1.54, 1.807) is 43.3 Å². The number of ketones is 1. The molecule has 0 saturated heterocycles. The molecule has 0 unspecified atom stereocenters. The van der Waals surface area contributed by atoms with Crippen LogP contribution in [0.15, 0.2) is 72.4 Å². The molecule has 6 heteroatoms. The number of allylic oxidation sites excluding steroid dienone is 2. The fourth-order valence-electron chi connectivity index (χ4n) is 3.02. The van der Waals surface area contributed by atoms with Crippen LogP contribution in [0.3, 0.4) is 0 Å². The predicted molar refractivity (Wildman–Crippen MR) is 113 cm³/mol. The minimum Gasteiger partial charge on any atom is -0.402 e. The van der Waals surface area contributed by atoms with Crippen LogP contribution in [-0.2, 0) is 0 Å². The number of amides is 1. The van der Waals surface area contributed by atoms with Crippen molar-refractivity contribution in [1.29, 1.82) is 0 Å². The van der Waals surface area contributed by atoms with Gasteiger partial charge in [-0.1, -0.05) is 30.3 Å². The number of carbonyl (C=O) groups excluding carboxylic acids is 2. The number of benzene rings is 3. The topological polar surface area (TPSA) is 72.2 Å². The molecule has 152 valence electrons. The van der Waals surface area contributed by atoms with Crippen molar-refractivity contribution in [2.45, 2.75) is 13.8 Å². The Morgan fingerprint density at radius 3 is 2.20 bits per heavy atom. The molecule has 3 rings (SSSR count). The summed E-state index contributed by atoms with van der Waals surface area (Å²) in [6.07, 6.45) is 1.37. The van der Waals surface area contributed by atoms with E-state index < -0.39 is 23.1 Å². The van der Waals surface area contributed by atoms with Crippen LogP contribution in [0.5, 0.6) is 0 Å². The van der Waals surface area contributed by atoms with Crippen molar-refractivity contribution in [3.63, 3.8) is 0 Å². The molecule has 0 aromatic heterocycles. The molecule has 0 bridgehead atoms. The minimum absolute atomic E-state index is 0.188. The van der Waals surface area contributed by atoms with E-state index in [9.17, 15) is 18.4 Å². The zero-order valence-corrected chi connectivity index (χ0v) is 16.5. The highest BCUT2D eigenvalue weighted by Crippen LogP contribution is 2.27. The number of anilines is 1. The molecule has 0 heterocycles. The average Bonchev–Trinajstić information content (AvgIpc) is 2.68. The van der Waals surface area contributed by atoms with Gasteiger partial charge in [0.25, 0.3) is 5.91 Å². The Balaban J connectivity index is 1.85.